The van der Waals surface area contributed by atoms with Crippen molar-refractivity contribution in [2.24, 2.45) is 0 Å². The average molecular weight is 367 g/mol. The number of benzene rings is 1. The van der Waals surface area contributed by atoms with Crippen molar-refractivity contribution in [1.82, 2.24) is 9.80 Å². The molecule has 6 heteroatoms. The highest BCUT2D eigenvalue weighted by atomic mass is 32.2. The number of hydrogen-bond acceptors (Lipinski definition) is 6. The Labute approximate surface area is 155 Å². The molecule has 5 nitrogen and oxygen atoms in total. The lowest BCUT2D eigenvalue weighted by molar-refractivity contribution is 0.0441. The summed E-state index contributed by atoms with van der Waals surface area (Å²) in [6.45, 7) is 4.44. The number of nitrogens with zero attached hydrogens (tertiary/aromatic N) is 2. The molecule has 2 heterocycles. The van der Waals surface area contributed by atoms with Gasteiger partial charge in [0.2, 0.25) is 5.75 Å². The van der Waals surface area contributed by atoms with Gasteiger partial charge in [0.15, 0.2) is 11.5 Å². The Morgan fingerprint density at radius 3 is 2.56 bits per heavy atom. The number of phenolic OH excluding ortho intramolecular Hbond substituents is 1. The molecule has 0 amide bonds. The Morgan fingerprint density at radius 1 is 1.20 bits per heavy atom. The molecule has 0 aliphatic carbocycles. The topological polar surface area (TPSA) is 45.2 Å². The smallest absolute Gasteiger partial charge is 0.200 e. The third-order valence-corrected chi connectivity index (χ3v) is 6.13. The van der Waals surface area contributed by atoms with E-state index in [-0.39, 0.29) is 5.75 Å². The average Bonchev–Trinajstić information content (AvgIpc) is 3.08. The minimum atomic E-state index is 0.0771. The Kier molecular flexibility index (Phi) is 6.36. The maximum atomic E-state index is 10.1. The number of methoxy groups -OCH3 is 2. The lowest BCUT2D eigenvalue weighted by Gasteiger charge is -2.44. The van der Waals surface area contributed by atoms with Gasteiger partial charge in [-0.2, -0.15) is 11.8 Å². The van der Waals surface area contributed by atoms with E-state index in [9.17, 15) is 5.11 Å². The first-order chi connectivity index (χ1) is 12.2. The summed E-state index contributed by atoms with van der Waals surface area (Å²) in [5, 5.41) is 10.1. The van der Waals surface area contributed by atoms with Crippen LogP contribution in [0.5, 0.6) is 17.2 Å². The van der Waals surface area contributed by atoms with Gasteiger partial charge in [-0.3, -0.25) is 9.80 Å². The van der Waals surface area contributed by atoms with Gasteiger partial charge in [0.05, 0.1) is 14.2 Å². The van der Waals surface area contributed by atoms with Crippen LogP contribution in [0.2, 0.25) is 0 Å². The molecule has 0 radical (unpaired) electrons. The number of ether oxygens (including phenoxy) is 2. The Hall–Kier alpha value is -1.11. The van der Waals surface area contributed by atoms with E-state index in [4.69, 9.17) is 9.47 Å². The summed E-state index contributed by atoms with van der Waals surface area (Å²) < 4.78 is 10.6. The molecule has 2 fully saturated rings. The van der Waals surface area contributed by atoms with Crippen LogP contribution in [0, 0.1) is 0 Å². The van der Waals surface area contributed by atoms with Crippen molar-refractivity contribution < 1.29 is 14.6 Å². The van der Waals surface area contributed by atoms with Crippen molar-refractivity contribution in [1.29, 1.82) is 0 Å². The molecule has 3 rings (SSSR count). The normalized spacial score (nSPS) is 24.3. The fraction of sp³-hybridized carbons (Fsp3) is 0.684. The number of thioether (sulfide) groups is 1. The minimum Gasteiger partial charge on any atom is -0.502 e. The van der Waals surface area contributed by atoms with Crippen LogP contribution in [-0.4, -0.2) is 72.9 Å². The molecule has 1 aromatic carbocycles. The first-order valence-electron chi connectivity index (χ1n) is 9.07. The van der Waals surface area contributed by atoms with E-state index in [1.165, 1.54) is 38.1 Å². The molecule has 140 valence electrons. The van der Waals surface area contributed by atoms with Crippen LogP contribution < -0.4 is 9.47 Å². The van der Waals surface area contributed by atoms with Gasteiger partial charge in [-0.15, -0.1) is 0 Å². The molecule has 0 bridgehead atoms. The van der Waals surface area contributed by atoms with Crippen molar-refractivity contribution in [2.75, 3.05) is 45.9 Å². The summed E-state index contributed by atoms with van der Waals surface area (Å²) in [7, 11) is 3.16. The van der Waals surface area contributed by atoms with Crippen LogP contribution in [0.15, 0.2) is 12.1 Å². The van der Waals surface area contributed by atoms with Gasteiger partial charge < -0.3 is 14.6 Å². The zero-order valence-electron chi connectivity index (χ0n) is 15.5. The quantitative estimate of drug-likeness (QED) is 0.801. The summed E-state index contributed by atoms with van der Waals surface area (Å²) in [4.78, 5) is 5.30. The number of phenols is 1. The first kappa shape index (κ1) is 18.7. The third-order valence-electron chi connectivity index (χ3n) is 5.49. The van der Waals surface area contributed by atoms with Crippen molar-refractivity contribution in [3.8, 4) is 17.2 Å². The van der Waals surface area contributed by atoms with Gasteiger partial charge in [-0.25, -0.2) is 0 Å². The van der Waals surface area contributed by atoms with Gasteiger partial charge in [0.25, 0.3) is 0 Å². The molecule has 1 N–H and O–H groups in total. The zero-order chi connectivity index (χ0) is 17.8. The second-order valence-corrected chi connectivity index (χ2v) is 7.99. The molecule has 2 saturated heterocycles. The van der Waals surface area contributed by atoms with Crippen LogP contribution in [0.25, 0.3) is 0 Å². The molecule has 0 unspecified atom stereocenters. The van der Waals surface area contributed by atoms with Crippen molar-refractivity contribution in [3.05, 3.63) is 17.7 Å². The summed E-state index contributed by atoms with van der Waals surface area (Å²) in [6, 6.07) is 5.16. The Morgan fingerprint density at radius 2 is 1.92 bits per heavy atom. The largest absolute Gasteiger partial charge is 0.502 e. The van der Waals surface area contributed by atoms with E-state index in [0.29, 0.717) is 23.6 Å². The predicted octanol–water partition coefficient (Wildman–Crippen LogP) is 2.81. The monoisotopic (exact) mass is 366 g/mol. The Bertz CT molecular complexity index is 559. The van der Waals surface area contributed by atoms with Crippen LogP contribution in [0.4, 0.5) is 0 Å². The van der Waals surface area contributed by atoms with Crippen LogP contribution in [-0.2, 0) is 6.54 Å². The second-order valence-electron chi connectivity index (χ2n) is 7.00. The standard InChI is InChI=1S/C19H30N2O3S/c1-23-17-9-14(10-18(24-2)19(17)22)11-21-13-15-5-4-7-20(15)12-16(21)6-8-25-3/h9-10,15-16,22H,4-8,11-13H2,1-3H3/t15-,16-/m0/s1. The number of hydrogen-bond donors (Lipinski definition) is 1. The lowest BCUT2D eigenvalue weighted by Crippen LogP contribution is -2.55. The molecule has 25 heavy (non-hydrogen) atoms. The molecular weight excluding hydrogens is 336 g/mol. The molecule has 0 saturated carbocycles. The maximum absolute atomic E-state index is 10.1. The predicted molar refractivity (Wildman–Crippen MR) is 103 cm³/mol. The summed E-state index contributed by atoms with van der Waals surface area (Å²) in [6.07, 6.45) is 6.04. The maximum Gasteiger partial charge on any atom is 0.200 e. The second kappa shape index (κ2) is 8.52. The van der Waals surface area contributed by atoms with E-state index in [1.54, 1.807) is 14.2 Å². The SMILES string of the molecule is COc1cc(CN2C[C@@H]3CCCN3C[C@@H]2CCSC)cc(OC)c1O. The fourth-order valence-electron chi connectivity index (χ4n) is 4.14. The zero-order valence-corrected chi connectivity index (χ0v) is 16.3. The van der Waals surface area contributed by atoms with E-state index >= 15 is 0 Å². The number of piperazine rings is 1. The number of fused-ring (bicyclic) bond motifs is 1. The van der Waals surface area contributed by atoms with E-state index in [2.05, 4.69) is 16.1 Å². The van der Waals surface area contributed by atoms with Crippen molar-refractivity contribution in [2.45, 2.75) is 37.9 Å². The van der Waals surface area contributed by atoms with Crippen molar-refractivity contribution >= 4 is 11.8 Å². The fourth-order valence-corrected chi connectivity index (χ4v) is 4.65. The summed E-state index contributed by atoms with van der Waals surface area (Å²) in [5.41, 5.74) is 1.13. The summed E-state index contributed by atoms with van der Waals surface area (Å²) in [5.74, 6) is 2.24. The lowest BCUT2D eigenvalue weighted by atomic mass is 10.0. The highest BCUT2D eigenvalue weighted by molar-refractivity contribution is 7.98. The molecule has 2 aliphatic heterocycles. The van der Waals surface area contributed by atoms with Gasteiger partial charge in [0, 0.05) is 31.7 Å². The van der Waals surface area contributed by atoms with Crippen molar-refractivity contribution in [3.63, 3.8) is 0 Å². The van der Waals surface area contributed by atoms with Crippen LogP contribution in [0.3, 0.4) is 0 Å². The van der Waals surface area contributed by atoms with E-state index < -0.39 is 0 Å². The summed E-state index contributed by atoms with van der Waals surface area (Å²) >= 11 is 1.92. The van der Waals surface area contributed by atoms with Crippen LogP contribution in [0.1, 0.15) is 24.8 Å². The molecule has 2 atom stereocenters. The van der Waals surface area contributed by atoms with Gasteiger partial charge in [0.1, 0.15) is 0 Å². The number of rotatable bonds is 7. The molecule has 0 spiro atoms. The highest BCUT2D eigenvalue weighted by Gasteiger charge is 2.36. The van der Waals surface area contributed by atoms with E-state index in [1.807, 2.05) is 23.9 Å². The van der Waals surface area contributed by atoms with E-state index in [0.717, 1.165) is 18.7 Å². The molecule has 2 aliphatic rings. The molecular formula is C19H30N2O3S. The van der Waals surface area contributed by atoms with Gasteiger partial charge >= 0.3 is 0 Å². The third kappa shape index (κ3) is 4.18. The minimum absolute atomic E-state index is 0.0771. The Balaban J connectivity index is 1.78. The van der Waals surface area contributed by atoms with Gasteiger partial charge in [-0.1, -0.05) is 0 Å². The molecule has 0 aromatic heterocycles. The number of aromatic hydroxyl groups is 1. The molecule has 1 aromatic rings. The van der Waals surface area contributed by atoms with Gasteiger partial charge in [-0.05, 0) is 55.5 Å². The van der Waals surface area contributed by atoms with Crippen LogP contribution >= 0.6 is 11.8 Å². The highest BCUT2D eigenvalue weighted by Crippen LogP contribution is 2.38. The first-order valence-corrected chi connectivity index (χ1v) is 10.5.